The Bertz CT molecular complexity index is 634. The molecule has 0 amide bonds. The fraction of sp³-hybridized carbons (Fsp3) is 0.400. The van der Waals surface area contributed by atoms with Crippen molar-refractivity contribution < 1.29 is 4.74 Å². The molecule has 1 aliphatic carbocycles. The Labute approximate surface area is 144 Å². The van der Waals surface area contributed by atoms with Crippen LogP contribution in [-0.4, -0.2) is 25.1 Å². The molecule has 2 saturated heterocycles. The third-order valence-corrected chi connectivity index (χ3v) is 5.35. The monoisotopic (exact) mass is 329 g/mol. The first-order chi connectivity index (χ1) is 10.8. The largest absolute Gasteiger partial charge is 0.497 e. The van der Waals surface area contributed by atoms with E-state index in [-0.39, 0.29) is 12.4 Å². The summed E-state index contributed by atoms with van der Waals surface area (Å²) in [4.78, 5) is 2.64. The van der Waals surface area contributed by atoms with Crippen LogP contribution in [0, 0.1) is 5.92 Å². The quantitative estimate of drug-likeness (QED) is 0.830. The van der Waals surface area contributed by atoms with Crippen molar-refractivity contribution in [3.8, 4) is 5.75 Å². The summed E-state index contributed by atoms with van der Waals surface area (Å²) in [5, 5.41) is 0. The van der Waals surface area contributed by atoms with Gasteiger partial charge in [-0.2, -0.15) is 0 Å². The van der Waals surface area contributed by atoms with Crippen molar-refractivity contribution in [1.82, 2.24) is 4.90 Å². The summed E-state index contributed by atoms with van der Waals surface area (Å²) in [5.74, 6) is 1.83. The fourth-order valence-electron chi connectivity index (χ4n) is 4.39. The van der Waals surface area contributed by atoms with Gasteiger partial charge < -0.3 is 4.74 Å². The van der Waals surface area contributed by atoms with Gasteiger partial charge in [-0.15, -0.1) is 12.4 Å². The Morgan fingerprint density at radius 3 is 2.39 bits per heavy atom. The van der Waals surface area contributed by atoms with Crippen molar-refractivity contribution in [2.24, 2.45) is 5.92 Å². The standard InChI is InChI=1S/C20H23NO.ClH/c1-22-19-9-7-18(8-10-19)20-11-17(12-20)14-21(15-20)13-16-5-3-2-4-6-16;/h2-10,17H,11-15H2,1H3;1H. The first-order valence-corrected chi connectivity index (χ1v) is 8.18. The molecule has 0 N–H and O–H groups in total. The second-order valence-corrected chi connectivity index (χ2v) is 6.94. The predicted octanol–water partition coefficient (Wildman–Crippen LogP) is 4.28. The number of methoxy groups -OCH3 is 1. The van der Waals surface area contributed by atoms with Gasteiger partial charge >= 0.3 is 0 Å². The molecule has 5 rings (SSSR count). The molecular formula is C20H24ClNO. The number of halogens is 1. The molecule has 3 fully saturated rings. The molecule has 0 spiro atoms. The number of fused-ring (bicyclic) bond motifs is 2. The maximum absolute atomic E-state index is 5.29. The van der Waals surface area contributed by atoms with Gasteiger partial charge in [-0.05, 0) is 42.0 Å². The van der Waals surface area contributed by atoms with Crippen molar-refractivity contribution >= 4 is 12.4 Å². The molecule has 2 heterocycles. The molecule has 0 atom stereocenters. The van der Waals surface area contributed by atoms with Crippen LogP contribution in [0.15, 0.2) is 54.6 Å². The smallest absolute Gasteiger partial charge is 0.118 e. The van der Waals surface area contributed by atoms with Gasteiger partial charge in [0.1, 0.15) is 5.75 Å². The van der Waals surface area contributed by atoms with Crippen LogP contribution in [0.1, 0.15) is 24.0 Å². The number of hydrogen-bond acceptors (Lipinski definition) is 2. The molecule has 3 heteroatoms. The van der Waals surface area contributed by atoms with E-state index < -0.39 is 0 Å². The lowest BCUT2D eigenvalue weighted by Gasteiger charge is -2.57. The lowest BCUT2D eigenvalue weighted by atomic mass is 9.56. The van der Waals surface area contributed by atoms with Gasteiger partial charge in [0, 0.05) is 25.0 Å². The second-order valence-electron chi connectivity index (χ2n) is 6.94. The molecule has 2 aromatic carbocycles. The molecule has 122 valence electrons. The number of hydrogen-bond donors (Lipinski definition) is 0. The van der Waals surface area contributed by atoms with Crippen LogP contribution < -0.4 is 4.74 Å². The van der Waals surface area contributed by atoms with Crippen LogP contribution in [0.5, 0.6) is 5.75 Å². The SMILES string of the molecule is COc1ccc(C23CC(CN(Cc4ccccc4)C2)C3)cc1.Cl. The van der Waals surface area contributed by atoms with E-state index in [4.69, 9.17) is 4.74 Å². The maximum atomic E-state index is 5.29. The summed E-state index contributed by atoms with van der Waals surface area (Å²) in [6.07, 6.45) is 2.70. The molecule has 3 aliphatic rings. The number of piperidine rings is 2. The molecule has 0 radical (unpaired) electrons. The molecule has 0 aromatic heterocycles. The Balaban J connectivity index is 0.00000156. The summed E-state index contributed by atoms with van der Waals surface area (Å²) < 4.78 is 5.29. The summed E-state index contributed by atoms with van der Waals surface area (Å²) >= 11 is 0. The molecule has 2 bridgehead atoms. The van der Waals surface area contributed by atoms with E-state index in [1.54, 1.807) is 7.11 Å². The van der Waals surface area contributed by atoms with E-state index in [1.165, 1.54) is 37.1 Å². The van der Waals surface area contributed by atoms with Crippen LogP contribution >= 0.6 is 12.4 Å². The van der Waals surface area contributed by atoms with Gasteiger partial charge in [0.15, 0.2) is 0 Å². The highest BCUT2D eigenvalue weighted by Crippen LogP contribution is 2.52. The fourth-order valence-corrected chi connectivity index (χ4v) is 4.39. The van der Waals surface area contributed by atoms with Gasteiger partial charge in [0.2, 0.25) is 0 Å². The van der Waals surface area contributed by atoms with Gasteiger partial charge in [0.25, 0.3) is 0 Å². The molecule has 2 aromatic rings. The van der Waals surface area contributed by atoms with Crippen molar-refractivity contribution in [2.75, 3.05) is 20.2 Å². The molecular weight excluding hydrogens is 306 g/mol. The highest BCUT2D eigenvalue weighted by atomic mass is 35.5. The van der Waals surface area contributed by atoms with Crippen LogP contribution in [0.3, 0.4) is 0 Å². The average Bonchev–Trinajstić information content (AvgIpc) is 2.55. The zero-order valence-electron chi connectivity index (χ0n) is 13.6. The minimum absolute atomic E-state index is 0. The number of ether oxygens (including phenoxy) is 1. The third kappa shape index (κ3) is 3.11. The van der Waals surface area contributed by atoms with Crippen LogP contribution in [-0.2, 0) is 12.0 Å². The van der Waals surface area contributed by atoms with Gasteiger partial charge in [0.05, 0.1) is 7.11 Å². The number of nitrogens with zero attached hydrogens (tertiary/aromatic N) is 1. The topological polar surface area (TPSA) is 12.5 Å². The van der Waals surface area contributed by atoms with Gasteiger partial charge in [-0.1, -0.05) is 42.5 Å². The molecule has 23 heavy (non-hydrogen) atoms. The maximum Gasteiger partial charge on any atom is 0.118 e. The molecule has 0 unspecified atom stereocenters. The van der Waals surface area contributed by atoms with Crippen molar-refractivity contribution in [1.29, 1.82) is 0 Å². The van der Waals surface area contributed by atoms with Crippen LogP contribution in [0.2, 0.25) is 0 Å². The van der Waals surface area contributed by atoms with E-state index in [9.17, 15) is 0 Å². The van der Waals surface area contributed by atoms with E-state index in [1.807, 2.05) is 0 Å². The predicted molar refractivity (Wildman–Crippen MR) is 96.4 cm³/mol. The summed E-state index contributed by atoms with van der Waals surface area (Å²) in [6, 6.07) is 19.6. The van der Waals surface area contributed by atoms with Crippen molar-refractivity contribution in [2.45, 2.75) is 24.8 Å². The van der Waals surface area contributed by atoms with E-state index in [0.717, 1.165) is 18.2 Å². The van der Waals surface area contributed by atoms with Gasteiger partial charge in [-0.3, -0.25) is 4.90 Å². The Morgan fingerprint density at radius 2 is 1.74 bits per heavy atom. The van der Waals surface area contributed by atoms with E-state index >= 15 is 0 Å². The lowest BCUT2D eigenvalue weighted by molar-refractivity contribution is -0.00803. The Kier molecular flexibility index (Phi) is 4.65. The minimum atomic E-state index is 0. The Morgan fingerprint density at radius 1 is 1.04 bits per heavy atom. The third-order valence-electron chi connectivity index (χ3n) is 5.35. The Hall–Kier alpha value is -1.51. The van der Waals surface area contributed by atoms with E-state index in [0.29, 0.717) is 5.41 Å². The molecule has 2 aliphatic heterocycles. The summed E-state index contributed by atoms with van der Waals surface area (Å²) in [6.45, 7) is 3.52. The second kappa shape index (κ2) is 6.54. The van der Waals surface area contributed by atoms with Crippen LogP contribution in [0.4, 0.5) is 0 Å². The zero-order valence-corrected chi connectivity index (χ0v) is 14.4. The highest BCUT2D eigenvalue weighted by Gasteiger charge is 2.50. The normalized spacial score (nSPS) is 26.0. The van der Waals surface area contributed by atoms with Crippen molar-refractivity contribution in [3.05, 3.63) is 65.7 Å². The minimum Gasteiger partial charge on any atom is -0.497 e. The first kappa shape index (κ1) is 16.4. The van der Waals surface area contributed by atoms with E-state index in [2.05, 4.69) is 59.5 Å². The first-order valence-electron chi connectivity index (χ1n) is 8.18. The molecule has 1 saturated carbocycles. The lowest BCUT2D eigenvalue weighted by Crippen LogP contribution is -2.58. The van der Waals surface area contributed by atoms with Crippen molar-refractivity contribution in [3.63, 3.8) is 0 Å². The number of rotatable bonds is 4. The number of benzene rings is 2. The summed E-state index contributed by atoms with van der Waals surface area (Å²) in [5.41, 5.74) is 3.29. The van der Waals surface area contributed by atoms with Crippen LogP contribution in [0.25, 0.3) is 0 Å². The molecule has 2 nitrogen and oxygen atoms in total. The average molecular weight is 330 g/mol. The van der Waals surface area contributed by atoms with Gasteiger partial charge in [-0.25, -0.2) is 0 Å². The zero-order chi connectivity index (χ0) is 15.0. The summed E-state index contributed by atoms with van der Waals surface area (Å²) in [7, 11) is 1.73. The highest BCUT2D eigenvalue weighted by molar-refractivity contribution is 5.85.